The maximum Gasteiger partial charge on any atom is 0.0476 e. The van der Waals surface area contributed by atoms with E-state index < -0.39 is 0 Å². The summed E-state index contributed by atoms with van der Waals surface area (Å²) < 4.78 is 0. The van der Waals surface area contributed by atoms with Crippen LogP contribution in [0.25, 0.3) is 0 Å². The fourth-order valence-electron chi connectivity index (χ4n) is 4.68. The highest BCUT2D eigenvalue weighted by Crippen LogP contribution is 2.25. The van der Waals surface area contributed by atoms with Gasteiger partial charge in [-0.3, -0.25) is 0 Å². The number of rotatable bonds is 21. The predicted molar refractivity (Wildman–Crippen MR) is 136 cm³/mol. The fourth-order valence-corrected chi connectivity index (χ4v) is 4.93. The van der Waals surface area contributed by atoms with Crippen LogP contribution in [0.1, 0.15) is 125 Å². The molecule has 0 aliphatic carbocycles. The maximum absolute atomic E-state index is 9.51. The molecule has 0 saturated carbocycles. The van der Waals surface area contributed by atoms with E-state index in [9.17, 15) is 10.2 Å². The molecule has 3 heteroatoms. The molecular formula is C28H49ClO2. The van der Waals surface area contributed by atoms with Gasteiger partial charge in [-0.1, -0.05) is 109 Å². The van der Waals surface area contributed by atoms with Crippen molar-refractivity contribution in [2.45, 2.75) is 128 Å². The Morgan fingerprint density at radius 2 is 0.968 bits per heavy atom. The third kappa shape index (κ3) is 12.9. The zero-order valence-corrected chi connectivity index (χ0v) is 21.0. The van der Waals surface area contributed by atoms with Crippen molar-refractivity contribution in [1.29, 1.82) is 0 Å². The van der Waals surface area contributed by atoms with Crippen molar-refractivity contribution < 1.29 is 10.2 Å². The Hall–Kier alpha value is -0.570. The summed E-state index contributed by atoms with van der Waals surface area (Å²) in [7, 11) is 0. The van der Waals surface area contributed by atoms with Crippen LogP contribution in [-0.4, -0.2) is 23.4 Å². The normalized spacial score (nSPS) is 11.4. The van der Waals surface area contributed by atoms with Crippen LogP contribution in [0.3, 0.4) is 0 Å². The number of hydrogen-bond acceptors (Lipinski definition) is 2. The molecule has 31 heavy (non-hydrogen) atoms. The summed E-state index contributed by atoms with van der Waals surface area (Å²) in [6.45, 7) is 2.58. The molecular weight excluding hydrogens is 404 g/mol. The van der Waals surface area contributed by atoms with Crippen LogP contribution >= 0.6 is 11.6 Å². The van der Waals surface area contributed by atoms with Gasteiger partial charge in [0.25, 0.3) is 0 Å². The second kappa shape index (κ2) is 20.1. The molecule has 1 rings (SSSR count). The van der Waals surface area contributed by atoms with E-state index in [-0.39, 0.29) is 13.2 Å². The first-order valence-corrected chi connectivity index (χ1v) is 13.7. The van der Waals surface area contributed by atoms with E-state index in [0.717, 1.165) is 6.42 Å². The Kier molecular flexibility index (Phi) is 18.4. The molecule has 1 aromatic carbocycles. The maximum atomic E-state index is 9.51. The number of halogens is 1. The lowest BCUT2D eigenvalue weighted by Crippen LogP contribution is -2.08. The Morgan fingerprint density at radius 3 is 1.42 bits per heavy atom. The van der Waals surface area contributed by atoms with Crippen LogP contribution in [-0.2, 0) is 25.1 Å². The highest BCUT2D eigenvalue weighted by molar-refractivity contribution is 6.17. The average Bonchev–Trinajstić information content (AvgIpc) is 2.78. The topological polar surface area (TPSA) is 40.5 Å². The van der Waals surface area contributed by atoms with Crippen molar-refractivity contribution in [1.82, 2.24) is 0 Å². The van der Waals surface area contributed by atoms with E-state index in [1.54, 1.807) is 0 Å². The molecule has 0 atom stereocenters. The predicted octanol–water partition coefficient (Wildman–Crippen LogP) is 7.91. The second-order valence-electron chi connectivity index (χ2n) is 9.12. The monoisotopic (exact) mass is 452 g/mol. The third-order valence-electron chi connectivity index (χ3n) is 6.54. The Bertz CT molecular complexity index is 544. The van der Waals surface area contributed by atoms with Crippen molar-refractivity contribution in [3.05, 3.63) is 34.4 Å². The Morgan fingerprint density at radius 1 is 0.548 bits per heavy atom. The molecule has 0 aliphatic rings. The molecule has 0 fully saturated rings. The van der Waals surface area contributed by atoms with E-state index in [1.807, 2.05) is 0 Å². The summed E-state index contributed by atoms with van der Waals surface area (Å²) in [6, 6.07) is 4.19. The van der Waals surface area contributed by atoms with Gasteiger partial charge in [-0.25, -0.2) is 0 Å². The molecule has 0 amide bonds. The van der Waals surface area contributed by atoms with E-state index in [2.05, 4.69) is 19.1 Å². The number of aliphatic hydroxyl groups is 2. The summed E-state index contributed by atoms with van der Waals surface area (Å²) >= 11 is 6.19. The minimum Gasteiger partial charge on any atom is -0.396 e. The zero-order valence-electron chi connectivity index (χ0n) is 20.3. The number of aliphatic hydroxyl groups excluding tert-OH is 2. The van der Waals surface area contributed by atoms with E-state index >= 15 is 0 Å². The summed E-state index contributed by atoms with van der Waals surface area (Å²) in [5, 5.41) is 18.9. The number of benzene rings is 1. The average molecular weight is 453 g/mol. The lowest BCUT2D eigenvalue weighted by atomic mass is 9.89. The van der Waals surface area contributed by atoms with Crippen molar-refractivity contribution >= 4 is 11.6 Å². The van der Waals surface area contributed by atoms with E-state index in [1.165, 1.54) is 119 Å². The number of alkyl halides is 1. The zero-order chi connectivity index (χ0) is 22.6. The first-order chi connectivity index (χ1) is 15.3. The van der Waals surface area contributed by atoms with E-state index in [4.69, 9.17) is 11.6 Å². The molecule has 1 aromatic rings. The largest absolute Gasteiger partial charge is 0.396 e. The molecule has 2 N–H and O–H groups in total. The van der Waals surface area contributed by atoms with Gasteiger partial charge in [-0.2, -0.15) is 0 Å². The molecule has 180 valence electrons. The van der Waals surface area contributed by atoms with Crippen LogP contribution in [0.4, 0.5) is 0 Å². The van der Waals surface area contributed by atoms with Crippen molar-refractivity contribution in [2.24, 2.45) is 0 Å². The van der Waals surface area contributed by atoms with Gasteiger partial charge in [0.05, 0.1) is 0 Å². The van der Waals surface area contributed by atoms with Gasteiger partial charge >= 0.3 is 0 Å². The molecule has 0 radical (unpaired) electrons. The number of hydrogen-bond donors (Lipinski definition) is 2. The molecule has 0 aromatic heterocycles. The quantitative estimate of drug-likeness (QED) is 0.147. The Balaban J connectivity index is 2.16. The van der Waals surface area contributed by atoms with Crippen LogP contribution in [0.2, 0.25) is 0 Å². The Labute approximate surface area is 197 Å². The van der Waals surface area contributed by atoms with Crippen LogP contribution in [0.15, 0.2) is 12.1 Å². The molecule has 0 saturated heterocycles. The highest BCUT2D eigenvalue weighted by atomic mass is 35.5. The van der Waals surface area contributed by atoms with Gasteiger partial charge in [0.15, 0.2) is 0 Å². The standard InChI is InChI=1S/C28H49ClO2/c1-2-3-4-5-6-7-8-9-10-11-12-13-14-15-16-17-27-26(24-29)19-18-25(20-22-30)28(27)21-23-31/h18-19,30-31H,2-17,20-24H2,1H3. The minimum absolute atomic E-state index is 0.149. The first-order valence-electron chi connectivity index (χ1n) is 13.2. The van der Waals surface area contributed by atoms with Gasteiger partial charge in [0.2, 0.25) is 0 Å². The second-order valence-corrected chi connectivity index (χ2v) is 9.39. The van der Waals surface area contributed by atoms with Gasteiger partial charge in [0, 0.05) is 19.1 Å². The minimum atomic E-state index is 0.149. The molecule has 0 heterocycles. The van der Waals surface area contributed by atoms with Crippen LogP contribution < -0.4 is 0 Å². The number of unbranched alkanes of at least 4 members (excludes halogenated alkanes) is 14. The molecule has 0 bridgehead atoms. The van der Waals surface area contributed by atoms with Gasteiger partial charge < -0.3 is 10.2 Å². The highest BCUT2D eigenvalue weighted by Gasteiger charge is 2.12. The summed E-state index contributed by atoms with van der Waals surface area (Å²) in [5.41, 5.74) is 4.91. The van der Waals surface area contributed by atoms with Gasteiger partial charge in [-0.15, -0.1) is 11.6 Å². The lowest BCUT2D eigenvalue weighted by Gasteiger charge is -2.17. The van der Waals surface area contributed by atoms with Crippen LogP contribution in [0.5, 0.6) is 0 Å². The smallest absolute Gasteiger partial charge is 0.0476 e. The summed E-state index contributed by atoms with van der Waals surface area (Å²) in [5.74, 6) is 0.520. The van der Waals surface area contributed by atoms with E-state index in [0.29, 0.717) is 18.7 Å². The van der Waals surface area contributed by atoms with Crippen LogP contribution in [0, 0.1) is 0 Å². The van der Waals surface area contributed by atoms with Crippen molar-refractivity contribution in [3.8, 4) is 0 Å². The SMILES string of the molecule is CCCCCCCCCCCCCCCCCc1c(CCl)ccc(CCO)c1CCO. The molecule has 0 spiro atoms. The molecule has 0 aliphatic heterocycles. The lowest BCUT2D eigenvalue weighted by molar-refractivity contribution is 0.292. The van der Waals surface area contributed by atoms with Gasteiger partial charge in [0.1, 0.15) is 0 Å². The first kappa shape index (κ1) is 28.5. The fraction of sp³-hybridized carbons (Fsp3) is 0.786. The summed E-state index contributed by atoms with van der Waals surface area (Å²) in [6.07, 6.45) is 23.0. The molecule has 0 unspecified atom stereocenters. The molecule has 2 nitrogen and oxygen atoms in total. The third-order valence-corrected chi connectivity index (χ3v) is 6.83. The van der Waals surface area contributed by atoms with Crippen molar-refractivity contribution in [2.75, 3.05) is 13.2 Å². The van der Waals surface area contributed by atoms with Gasteiger partial charge in [-0.05, 0) is 47.9 Å². The summed E-state index contributed by atoms with van der Waals surface area (Å²) in [4.78, 5) is 0. The van der Waals surface area contributed by atoms with Crippen molar-refractivity contribution in [3.63, 3.8) is 0 Å².